The van der Waals surface area contributed by atoms with Crippen molar-refractivity contribution in [1.82, 2.24) is 0 Å². The summed E-state index contributed by atoms with van der Waals surface area (Å²) in [5.41, 5.74) is 0.989. The Balaban J connectivity index is 1.55. The summed E-state index contributed by atoms with van der Waals surface area (Å²) in [5.74, 6) is -0.181. The fourth-order valence-electron chi connectivity index (χ4n) is 2.69. The van der Waals surface area contributed by atoms with E-state index in [1.165, 1.54) is 5.39 Å². The van der Waals surface area contributed by atoms with E-state index in [9.17, 15) is 4.79 Å². The summed E-state index contributed by atoms with van der Waals surface area (Å²) >= 11 is 0. The fraction of sp³-hybridized carbons (Fsp3) is 0.389. The van der Waals surface area contributed by atoms with Crippen molar-refractivity contribution in [2.75, 3.05) is 13.2 Å². The van der Waals surface area contributed by atoms with Crippen LogP contribution in [-0.4, -0.2) is 25.3 Å². The van der Waals surface area contributed by atoms with Crippen molar-refractivity contribution in [1.29, 1.82) is 0 Å². The first-order valence-corrected chi connectivity index (χ1v) is 7.56. The van der Waals surface area contributed by atoms with E-state index in [0.717, 1.165) is 36.8 Å². The van der Waals surface area contributed by atoms with Gasteiger partial charge >= 0.3 is 5.97 Å². The lowest BCUT2D eigenvalue weighted by atomic mass is 10.1. The Kier molecular flexibility index (Phi) is 4.51. The first-order valence-electron chi connectivity index (χ1n) is 7.56. The predicted octanol–water partition coefficient (Wildman–Crippen LogP) is 3.49. The van der Waals surface area contributed by atoms with Gasteiger partial charge in [-0.1, -0.05) is 42.5 Å². The van der Waals surface area contributed by atoms with Gasteiger partial charge in [0, 0.05) is 6.61 Å². The van der Waals surface area contributed by atoms with Gasteiger partial charge in [0.15, 0.2) is 0 Å². The normalized spacial score (nSPS) is 18.6. The minimum atomic E-state index is -0.181. The third-order valence-corrected chi connectivity index (χ3v) is 3.87. The monoisotopic (exact) mass is 284 g/mol. The topological polar surface area (TPSA) is 35.5 Å². The summed E-state index contributed by atoms with van der Waals surface area (Å²) in [6, 6.07) is 14.2. The third-order valence-electron chi connectivity index (χ3n) is 3.87. The zero-order valence-corrected chi connectivity index (χ0v) is 12.1. The largest absolute Gasteiger partial charge is 0.463 e. The second-order valence-electron chi connectivity index (χ2n) is 5.53. The van der Waals surface area contributed by atoms with Crippen molar-refractivity contribution >= 4 is 16.7 Å². The molecule has 1 aliphatic rings. The van der Waals surface area contributed by atoms with E-state index in [1.807, 2.05) is 30.3 Å². The standard InChI is InChI=1S/C18H20O3/c19-18(21-13-17-7-3-4-10-20-17)12-14-8-9-15-5-1-2-6-16(15)11-14/h1-2,5-6,8-9,11,17H,3-4,7,10,12-13H2. The quantitative estimate of drug-likeness (QED) is 0.806. The van der Waals surface area contributed by atoms with Gasteiger partial charge in [-0.05, 0) is 35.6 Å². The number of rotatable bonds is 4. The molecule has 110 valence electrons. The highest BCUT2D eigenvalue weighted by Gasteiger charge is 2.16. The van der Waals surface area contributed by atoms with Crippen molar-refractivity contribution in [3.8, 4) is 0 Å². The van der Waals surface area contributed by atoms with E-state index in [-0.39, 0.29) is 12.1 Å². The molecule has 2 aromatic rings. The van der Waals surface area contributed by atoms with Crippen LogP contribution in [0.15, 0.2) is 42.5 Å². The van der Waals surface area contributed by atoms with Gasteiger partial charge in [-0.15, -0.1) is 0 Å². The summed E-state index contributed by atoms with van der Waals surface area (Å²) in [4.78, 5) is 11.9. The minimum absolute atomic E-state index is 0.0827. The van der Waals surface area contributed by atoms with Crippen molar-refractivity contribution in [2.45, 2.75) is 31.8 Å². The average Bonchev–Trinajstić information content (AvgIpc) is 2.54. The second kappa shape index (κ2) is 6.72. The lowest BCUT2D eigenvalue weighted by Crippen LogP contribution is -2.26. The summed E-state index contributed by atoms with van der Waals surface area (Å²) in [5, 5.41) is 2.34. The molecular weight excluding hydrogens is 264 g/mol. The molecule has 1 saturated heterocycles. The molecular formula is C18H20O3. The minimum Gasteiger partial charge on any atom is -0.463 e. The number of fused-ring (bicyclic) bond motifs is 1. The number of hydrogen-bond acceptors (Lipinski definition) is 3. The Morgan fingerprint density at radius 2 is 2.00 bits per heavy atom. The molecule has 3 nitrogen and oxygen atoms in total. The number of hydrogen-bond donors (Lipinski definition) is 0. The van der Waals surface area contributed by atoms with Crippen molar-refractivity contribution < 1.29 is 14.3 Å². The molecule has 3 heteroatoms. The molecule has 3 rings (SSSR count). The number of esters is 1. The fourth-order valence-corrected chi connectivity index (χ4v) is 2.69. The van der Waals surface area contributed by atoms with E-state index in [1.54, 1.807) is 0 Å². The molecule has 0 N–H and O–H groups in total. The first-order chi connectivity index (χ1) is 10.3. The summed E-state index contributed by atoms with van der Waals surface area (Å²) < 4.78 is 10.9. The highest BCUT2D eigenvalue weighted by atomic mass is 16.6. The van der Waals surface area contributed by atoms with Crippen molar-refractivity contribution in [3.63, 3.8) is 0 Å². The summed E-state index contributed by atoms with van der Waals surface area (Å²) in [7, 11) is 0. The number of carbonyl (C=O) groups is 1. The molecule has 1 unspecified atom stereocenters. The van der Waals surface area contributed by atoms with E-state index in [0.29, 0.717) is 13.0 Å². The van der Waals surface area contributed by atoms with Gasteiger partial charge in [-0.3, -0.25) is 4.79 Å². The smallest absolute Gasteiger partial charge is 0.310 e. The lowest BCUT2D eigenvalue weighted by molar-refractivity contribution is -0.148. The average molecular weight is 284 g/mol. The zero-order chi connectivity index (χ0) is 14.5. The van der Waals surface area contributed by atoms with Gasteiger partial charge in [0.2, 0.25) is 0 Å². The van der Waals surface area contributed by atoms with Crippen LogP contribution in [0.5, 0.6) is 0 Å². The number of benzene rings is 2. The van der Waals surface area contributed by atoms with Gasteiger partial charge in [0.1, 0.15) is 6.61 Å². The highest BCUT2D eigenvalue weighted by molar-refractivity contribution is 5.84. The van der Waals surface area contributed by atoms with Gasteiger partial charge < -0.3 is 9.47 Å². The molecule has 0 aromatic heterocycles. The van der Waals surface area contributed by atoms with Crippen LogP contribution < -0.4 is 0 Å². The van der Waals surface area contributed by atoms with Crippen molar-refractivity contribution in [2.24, 2.45) is 0 Å². The zero-order valence-electron chi connectivity index (χ0n) is 12.1. The van der Waals surface area contributed by atoms with E-state index in [4.69, 9.17) is 9.47 Å². The Morgan fingerprint density at radius 3 is 2.81 bits per heavy atom. The lowest BCUT2D eigenvalue weighted by Gasteiger charge is -2.22. The highest BCUT2D eigenvalue weighted by Crippen LogP contribution is 2.17. The molecule has 1 aliphatic heterocycles. The maximum atomic E-state index is 11.9. The first kappa shape index (κ1) is 14.1. The molecule has 1 heterocycles. The van der Waals surface area contributed by atoms with Crippen molar-refractivity contribution in [3.05, 3.63) is 48.0 Å². The SMILES string of the molecule is O=C(Cc1ccc2ccccc2c1)OCC1CCCCO1. The Labute approximate surface area is 124 Å². The van der Waals surface area contributed by atoms with Gasteiger partial charge in [-0.2, -0.15) is 0 Å². The van der Waals surface area contributed by atoms with Gasteiger partial charge in [-0.25, -0.2) is 0 Å². The molecule has 0 aliphatic carbocycles. The molecule has 0 bridgehead atoms. The molecule has 0 spiro atoms. The second-order valence-corrected chi connectivity index (χ2v) is 5.53. The molecule has 0 radical (unpaired) electrons. The van der Waals surface area contributed by atoms with E-state index in [2.05, 4.69) is 12.1 Å². The summed E-state index contributed by atoms with van der Waals surface area (Å²) in [6.07, 6.45) is 3.66. The van der Waals surface area contributed by atoms with Gasteiger partial charge in [0.05, 0.1) is 12.5 Å². The predicted molar refractivity (Wildman–Crippen MR) is 82.2 cm³/mol. The van der Waals surface area contributed by atoms with Crippen LogP contribution >= 0.6 is 0 Å². The Morgan fingerprint density at radius 1 is 1.14 bits per heavy atom. The molecule has 0 amide bonds. The molecule has 0 saturated carbocycles. The van der Waals surface area contributed by atoms with E-state index < -0.39 is 0 Å². The van der Waals surface area contributed by atoms with Crippen LogP contribution in [0.4, 0.5) is 0 Å². The van der Waals surface area contributed by atoms with Crippen LogP contribution in [0.1, 0.15) is 24.8 Å². The maximum Gasteiger partial charge on any atom is 0.310 e. The van der Waals surface area contributed by atoms with E-state index >= 15 is 0 Å². The number of ether oxygens (including phenoxy) is 2. The van der Waals surface area contributed by atoms with Crippen LogP contribution in [-0.2, 0) is 20.7 Å². The summed E-state index contributed by atoms with van der Waals surface area (Å²) in [6.45, 7) is 1.17. The molecule has 1 atom stereocenters. The van der Waals surface area contributed by atoms with Crippen LogP contribution in [0, 0.1) is 0 Å². The molecule has 2 aromatic carbocycles. The third kappa shape index (κ3) is 3.82. The Bertz CT molecular complexity index is 615. The number of carbonyl (C=O) groups excluding carboxylic acids is 1. The van der Waals surface area contributed by atoms with Gasteiger partial charge in [0.25, 0.3) is 0 Å². The van der Waals surface area contributed by atoms with Crippen LogP contribution in [0.25, 0.3) is 10.8 Å². The maximum absolute atomic E-state index is 11.9. The molecule has 1 fully saturated rings. The Hall–Kier alpha value is -1.87. The van der Waals surface area contributed by atoms with Crippen LogP contribution in [0.3, 0.4) is 0 Å². The molecule has 21 heavy (non-hydrogen) atoms. The van der Waals surface area contributed by atoms with Crippen LogP contribution in [0.2, 0.25) is 0 Å².